The second kappa shape index (κ2) is 9.56. The number of aliphatic carboxylic acids is 1. The molecule has 2 rings (SSSR count). The highest BCUT2D eigenvalue weighted by Gasteiger charge is 2.36. The number of carboxylic acids is 1. The van der Waals surface area contributed by atoms with Gasteiger partial charge in [0.05, 0.1) is 12.0 Å². The fourth-order valence-corrected chi connectivity index (χ4v) is 4.59. The lowest BCUT2D eigenvalue weighted by atomic mass is 10.0. The number of rotatable bonds is 9. The van der Waals surface area contributed by atoms with Crippen molar-refractivity contribution in [3.63, 3.8) is 0 Å². The molecule has 0 aliphatic carbocycles. The number of hydrogen-bond donors (Lipinski definition) is 1. The number of methoxy groups -OCH3 is 1. The molecule has 0 amide bonds. The lowest BCUT2D eigenvalue weighted by Gasteiger charge is -2.29. The molecular weight excluding hydrogens is 421 g/mol. The third-order valence-electron chi connectivity index (χ3n) is 4.30. The van der Waals surface area contributed by atoms with Gasteiger partial charge < -0.3 is 9.84 Å². The third kappa shape index (κ3) is 5.68. The van der Waals surface area contributed by atoms with Gasteiger partial charge in [-0.25, -0.2) is 12.8 Å². The predicted octanol–water partition coefficient (Wildman–Crippen LogP) is 4.18. The first-order valence-corrected chi connectivity index (χ1v) is 10.7. The molecule has 0 saturated carbocycles. The number of halogens is 2. The van der Waals surface area contributed by atoms with Crippen LogP contribution in [0.25, 0.3) is 0 Å². The lowest BCUT2D eigenvalue weighted by molar-refractivity contribution is -0.142. The van der Waals surface area contributed by atoms with Gasteiger partial charge in [-0.2, -0.15) is 4.31 Å². The zero-order chi connectivity index (χ0) is 21.8. The van der Waals surface area contributed by atoms with Crippen molar-refractivity contribution in [2.75, 3.05) is 7.11 Å². The van der Waals surface area contributed by atoms with Crippen LogP contribution in [0.2, 0.25) is 5.02 Å². The van der Waals surface area contributed by atoms with Crippen LogP contribution in [0.1, 0.15) is 25.8 Å². The Bertz CT molecular complexity index is 963. The molecule has 0 bridgehead atoms. The van der Waals surface area contributed by atoms with Gasteiger partial charge in [0, 0.05) is 11.6 Å². The van der Waals surface area contributed by atoms with Crippen LogP contribution in [0, 0.1) is 11.7 Å². The van der Waals surface area contributed by atoms with Gasteiger partial charge in [-0.05, 0) is 54.3 Å². The molecule has 0 radical (unpaired) electrons. The number of benzene rings is 2. The molecule has 1 atom stereocenters. The van der Waals surface area contributed by atoms with Crippen LogP contribution in [-0.2, 0) is 21.4 Å². The van der Waals surface area contributed by atoms with Crippen LogP contribution in [-0.4, -0.2) is 37.0 Å². The van der Waals surface area contributed by atoms with Gasteiger partial charge in [-0.1, -0.05) is 31.5 Å². The Hall–Kier alpha value is -2.16. The Morgan fingerprint density at radius 1 is 1.21 bits per heavy atom. The average molecular weight is 444 g/mol. The largest absolute Gasteiger partial charge is 0.494 e. The summed E-state index contributed by atoms with van der Waals surface area (Å²) in [7, 11) is -2.88. The van der Waals surface area contributed by atoms with Crippen molar-refractivity contribution in [2.24, 2.45) is 5.92 Å². The van der Waals surface area contributed by atoms with E-state index in [4.69, 9.17) is 16.3 Å². The fourth-order valence-electron chi connectivity index (χ4n) is 2.88. The molecule has 0 unspecified atom stereocenters. The molecule has 0 spiro atoms. The monoisotopic (exact) mass is 443 g/mol. The fraction of sp³-hybridized carbons (Fsp3) is 0.350. The van der Waals surface area contributed by atoms with E-state index in [2.05, 4.69) is 0 Å². The Kier molecular flexibility index (Phi) is 7.62. The van der Waals surface area contributed by atoms with E-state index in [1.54, 1.807) is 13.8 Å². The zero-order valence-corrected chi connectivity index (χ0v) is 17.9. The molecule has 9 heteroatoms. The van der Waals surface area contributed by atoms with E-state index in [1.807, 2.05) is 0 Å². The van der Waals surface area contributed by atoms with E-state index in [-0.39, 0.29) is 29.5 Å². The predicted molar refractivity (Wildman–Crippen MR) is 108 cm³/mol. The number of nitrogens with zero attached hydrogens (tertiary/aromatic N) is 1. The van der Waals surface area contributed by atoms with Gasteiger partial charge in [0.25, 0.3) is 0 Å². The summed E-state index contributed by atoms with van der Waals surface area (Å²) in [4.78, 5) is 11.9. The Labute approximate surface area is 174 Å². The van der Waals surface area contributed by atoms with E-state index in [9.17, 15) is 22.7 Å². The Morgan fingerprint density at radius 3 is 2.31 bits per heavy atom. The summed E-state index contributed by atoms with van der Waals surface area (Å²) < 4.78 is 46.4. The zero-order valence-electron chi connectivity index (χ0n) is 16.3. The van der Waals surface area contributed by atoms with E-state index >= 15 is 0 Å². The highest BCUT2D eigenvalue weighted by Crippen LogP contribution is 2.27. The van der Waals surface area contributed by atoms with Crippen LogP contribution in [0.15, 0.2) is 47.4 Å². The van der Waals surface area contributed by atoms with E-state index in [0.717, 1.165) is 10.4 Å². The van der Waals surface area contributed by atoms with E-state index < -0.39 is 27.9 Å². The van der Waals surface area contributed by atoms with Gasteiger partial charge in [0.1, 0.15) is 6.04 Å². The van der Waals surface area contributed by atoms with Crippen LogP contribution >= 0.6 is 11.6 Å². The summed E-state index contributed by atoms with van der Waals surface area (Å²) in [6.07, 6.45) is 0.0980. The van der Waals surface area contributed by atoms with E-state index in [1.165, 1.54) is 43.5 Å². The van der Waals surface area contributed by atoms with Gasteiger partial charge in [-0.3, -0.25) is 4.79 Å². The van der Waals surface area contributed by atoms with Crippen molar-refractivity contribution in [3.8, 4) is 5.75 Å². The summed E-state index contributed by atoms with van der Waals surface area (Å²) in [5.41, 5.74) is 0.302. The maximum Gasteiger partial charge on any atom is 0.322 e. The minimum absolute atomic E-state index is 0.0119. The van der Waals surface area contributed by atoms with Crippen molar-refractivity contribution in [2.45, 2.75) is 37.8 Å². The number of ether oxygens (including phenoxy) is 1. The molecule has 6 nitrogen and oxygen atoms in total. The lowest BCUT2D eigenvalue weighted by Crippen LogP contribution is -2.45. The smallest absolute Gasteiger partial charge is 0.322 e. The summed E-state index contributed by atoms with van der Waals surface area (Å²) >= 11 is 5.84. The molecule has 0 aromatic heterocycles. The summed E-state index contributed by atoms with van der Waals surface area (Å²) in [6.45, 7) is 3.29. The third-order valence-corrected chi connectivity index (χ3v) is 6.42. The minimum Gasteiger partial charge on any atom is -0.494 e. The minimum atomic E-state index is -4.19. The molecule has 0 aliphatic rings. The summed E-state index contributed by atoms with van der Waals surface area (Å²) in [6, 6.07) is 8.14. The average Bonchev–Trinajstić information content (AvgIpc) is 2.64. The summed E-state index contributed by atoms with van der Waals surface area (Å²) in [5, 5.41) is 10.1. The molecule has 2 aromatic rings. The molecule has 0 heterocycles. The molecule has 0 saturated heterocycles. The first-order chi connectivity index (χ1) is 13.6. The highest BCUT2D eigenvalue weighted by molar-refractivity contribution is 7.89. The normalized spacial score (nSPS) is 12.9. The maximum atomic E-state index is 14.1. The number of carboxylic acid groups (broad SMARTS) is 1. The standard InChI is InChI=1S/C20H23ClFNO5S/c1-13(2)10-18(20(24)25)23(12-14-4-9-19(28-3)17(22)11-14)29(26,27)16-7-5-15(21)6-8-16/h4-9,11,13,18H,10,12H2,1-3H3,(H,24,25)/t18-/m1/s1. The highest BCUT2D eigenvalue weighted by atomic mass is 35.5. The van der Waals surface area contributed by atoms with Crippen LogP contribution in [0.5, 0.6) is 5.75 Å². The van der Waals surface area contributed by atoms with Crippen molar-refractivity contribution >= 4 is 27.6 Å². The Morgan fingerprint density at radius 2 is 1.83 bits per heavy atom. The quantitative estimate of drug-likeness (QED) is 0.628. The molecule has 158 valence electrons. The van der Waals surface area contributed by atoms with Crippen LogP contribution < -0.4 is 4.74 Å². The van der Waals surface area contributed by atoms with Crippen molar-refractivity contribution < 1.29 is 27.4 Å². The molecule has 29 heavy (non-hydrogen) atoms. The number of carbonyl (C=O) groups is 1. The van der Waals surface area contributed by atoms with Crippen molar-refractivity contribution in [3.05, 3.63) is 58.9 Å². The van der Waals surface area contributed by atoms with Gasteiger partial charge in [0.15, 0.2) is 11.6 Å². The second-order valence-corrected chi connectivity index (χ2v) is 9.28. The number of sulfonamides is 1. The Balaban J connectivity index is 2.53. The summed E-state index contributed by atoms with van der Waals surface area (Å²) in [5.74, 6) is -2.00. The van der Waals surface area contributed by atoms with Crippen molar-refractivity contribution in [1.82, 2.24) is 4.31 Å². The van der Waals surface area contributed by atoms with Crippen molar-refractivity contribution in [1.29, 1.82) is 0 Å². The van der Waals surface area contributed by atoms with Crippen LogP contribution in [0.3, 0.4) is 0 Å². The first kappa shape index (κ1) is 23.1. The SMILES string of the molecule is COc1ccc(CN([C@H](CC(C)C)C(=O)O)S(=O)(=O)c2ccc(Cl)cc2)cc1F. The molecule has 0 fully saturated rings. The van der Waals surface area contributed by atoms with Crippen LogP contribution in [0.4, 0.5) is 4.39 Å². The van der Waals surface area contributed by atoms with E-state index in [0.29, 0.717) is 10.6 Å². The van der Waals surface area contributed by atoms with Gasteiger partial charge in [0.2, 0.25) is 10.0 Å². The van der Waals surface area contributed by atoms with Gasteiger partial charge >= 0.3 is 5.97 Å². The molecule has 1 N–H and O–H groups in total. The maximum absolute atomic E-state index is 14.1. The van der Waals surface area contributed by atoms with Gasteiger partial charge in [-0.15, -0.1) is 0 Å². The molecule has 0 aliphatic heterocycles. The second-order valence-electron chi connectivity index (χ2n) is 6.96. The molecular formula is C20H23ClFNO5S. The topological polar surface area (TPSA) is 83.9 Å². The number of hydrogen-bond acceptors (Lipinski definition) is 4. The molecule has 2 aromatic carbocycles. The first-order valence-electron chi connectivity index (χ1n) is 8.89.